The average molecular weight is 389 g/mol. The van der Waals surface area contributed by atoms with E-state index < -0.39 is 0 Å². The standard InChI is InChI=1S/C21H19N5OS/c1-2-19(28-21-23-24-25-26(21)16-11-4-3-5-12-16)20(27)22-18-14-8-10-15-9-6-7-13-17(15)18/h3-14,19H,2H2,1H3,(H,22,27). The van der Waals surface area contributed by atoms with E-state index in [1.807, 2.05) is 79.7 Å². The van der Waals surface area contributed by atoms with Gasteiger partial charge in [0.25, 0.3) is 0 Å². The van der Waals surface area contributed by atoms with Crippen molar-refractivity contribution in [1.29, 1.82) is 0 Å². The quantitative estimate of drug-likeness (QED) is 0.497. The maximum atomic E-state index is 13.0. The van der Waals surface area contributed by atoms with E-state index in [1.165, 1.54) is 11.8 Å². The number of rotatable bonds is 6. The fraction of sp³-hybridized carbons (Fsp3) is 0.143. The van der Waals surface area contributed by atoms with Crippen LogP contribution >= 0.6 is 11.8 Å². The summed E-state index contributed by atoms with van der Waals surface area (Å²) in [6, 6.07) is 23.5. The van der Waals surface area contributed by atoms with Crippen LogP contribution in [0.25, 0.3) is 16.5 Å². The summed E-state index contributed by atoms with van der Waals surface area (Å²) >= 11 is 1.36. The Kier molecular flexibility index (Phi) is 5.34. The van der Waals surface area contributed by atoms with Crippen LogP contribution < -0.4 is 5.32 Å². The Morgan fingerprint density at radius 3 is 2.61 bits per heavy atom. The van der Waals surface area contributed by atoms with Gasteiger partial charge in [0.1, 0.15) is 0 Å². The second kappa shape index (κ2) is 8.22. The average Bonchev–Trinajstić information content (AvgIpc) is 3.21. The topological polar surface area (TPSA) is 72.7 Å². The Morgan fingerprint density at radius 1 is 1.04 bits per heavy atom. The number of fused-ring (bicyclic) bond motifs is 1. The number of nitrogens with one attached hydrogen (secondary N) is 1. The van der Waals surface area contributed by atoms with Crippen LogP contribution in [0.3, 0.4) is 0 Å². The lowest BCUT2D eigenvalue weighted by molar-refractivity contribution is -0.115. The summed E-state index contributed by atoms with van der Waals surface area (Å²) in [5, 5.41) is 17.4. The third-order valence-corrected chi connectivity index (χ3v) is 5.70. The molecule has 0 aliphatic heterocycles. The minimum absolute atomic E-state index is 0.0635. The Morgan fingerprint density at radius 2 is 1.79 bits per heavy atom. The van der Waals surface area contributed by atoms with Gasteiger partial charge in [-0.3, -0.25) is 4.79 Å². The van der Waals surface area contributed by atoms with E-state index in [0.717, 1.165) is 22.1 Å². The van der Waals surface area contributed by atoms with Crippen LogP contribution in [0.15, 0.2) is 78.0 Å². The number of amides is 1. The van der Waals surface area contributed by atoms with E-state index in [0.29, 0.717) is 11.6 Å². The zero-order valence-electron chi connectivity index (χ0n) is 15.3. The highest BCUT2D eigenvalue weighted by Crippen LogP contribution is 2.28. The summed E-state index contributed by atoms with van der Waals surface area (Å²) in [6.45, 7) is 1.98. The summed E-state index contributed by atoms with van der Waals surface area (Å²) in [6.07, 6.45) is 0.656. The van der Waals surface area contributed by atoms with Crippen LogP contribution in [0.4, 0.5) is 5.69 Å². The summed E-state index contributed by atoms with van der Waals surface area (Å²) in [7, 11) is 0. The molecule has 0 aliphatic rings. The number of hydrogen-bond acceptors (Lipinski definition) is 5. The van der Waals surface area contributed by atoms with E-state index in [4.69, 9.17) is 0 Å². The van der Waals surface area contributed by atoms with E-state index in [1.54, 1.807) is 4.68 Å². The van der Waals surface area contributed by atoms with Crippen LogP contribution in [-0.2, 0) is 4.79 Å². The number of anilines is 1. The molecule has 1 amide bonds. The zero-order valence-corrected chi connectivity index (χ0v) is 16.1. The Bertz CT molecular complexity index is 1090. The minimum atomic E-state index is -0.313. The molecule has 7 heteroatoms. The van der Waals surface area contributed by atoms with E-state index in [9.17, 15) is 4.79 Å². The molecule has 0 spiro atoms. The summed E-state index contributed by atoms with van der Waals surface area (Å²) in [4.78, 5) is 13.0. The number of nitrogens with zero attached hydrogens (tertiary/aromatic N) is 4. The molecule has 4 rings (SSSR count). The Balaban J connectivity index is 1.55. The van der Waals surface area contributed by atoms with Crippen molar-refractivity contribution in [2.45, 2.75) is 23.8 Å². The number of hydrogen-bond donors (Lipinski definition) is 1. The minimum Gasteiger partial charge on any atom is -0.325 e. The van der Waals surface area contributed by atoms with Gasteiger partial charge in [-0.25, -0.2) is 0 Å². The van der Waals surface area contributed by atoms with Gasteiger partial charge in [-0.05, 0) is 40.4 Å². The number of aromatic nitrogens is 4. The van der Waals surface area contributed by atoms with Crippen molar-refractivity contribution in [3.63, 3.8) is 0 Å². The first-order valence-electron chi connectivity index (χ1n) is 9.05. The smallest absolute Gasteiger partial charge is 0.237 e. The Labute approximate surface area is 167 Å². The van der Waals surface area contributed by atoms with Gasteiger partial charge in [-0.15, -0.1) is 5.10 Å². The van der Waals surface area contributed by atoms with Crippen molar-refractivity contribution in [2.24, 2.45) is 0 Å². The van der Waals surface area contributed by atoms with Crippen molar-refractivity contribution in [2.75, 3.05) is 5.32 Å². The molecule has 0 saturated heterocycles. The molecule has 4 aromatic rings. The third-order valence-electron chi connectivity index (χ3n) is 4.40. The summed E-state index contributed by atoms with van der Waals surface area (Å²) in [5.41, 5.74) is 1.67. The van der Waals surface area contributed by atoms with Crippen LogP contribution in [-0.4, -0.2) is 31.4 Å². The number of tetrazole rings is 1. The van der Waals surface area contributed by atoms with Crippen molar-refractivity contribution >= 4 is 34.1 Å². The van der Waals surface area contributed by atoms with Crippen LogP contribution in [0.1, 0.15) is 13.3 Å². The number of carbonyl (C=O) groups excluding carboxylic acids is 1. The second-order valence-corrected chi connectivity index (χ2v) is 7.41. The summed E-state index contributed by atoms with van der Waals surface area (Å²) < 4.78 is 1.65. The molecule has 1 aromatic heterocycles. The molecule has 3 aromatic carbocycles. The monoisotopic (exact) mass is 389 g/mol. The van der Waals surface area contributed by atoms with Crippen molar-refractivity contribution in [1.82, 2.24) is 20.2 Å². The molecule has 1 atom stereocenters. The highest BCUT2D eigenvalue weighted by Gasteiger charge is 2.22. The van der Waals surface area contributed by atoms with Gasteiger partial charge >= 0.3 is 0 Å². The number of carbonyl (C=O) groups is 1. The molecule has 0 fully saturated rings. The molecular formula is C21H19N5OS. The first kappa shape index (κ1) is 18.2. The normalized spacial score (nSPS) is 12.0. The highest BCUT2D eigenvalue weighted by molar-refractivity contribution is 8.00. The maximum Gasteiger partial charge on any atom is 0.237 e. The summed E-state index contributed by atoms with van der Waals surface area (Å²) in [5.74, 6) is -0.0635. The first-order valence-corrected chi connectivity index (χ1v) is 9.93. The molecule has 6 nitrogen and oxygen atoms in total. The van der Waals surface area contributed by atoms with E-state index >= 15 is 0 Å². The molecular weight excluding hydrogens is 370 g/mol. The van der Waals surface area contributed by atoms with Gasteiger partial charge < -0.3 is 5.32 Å². The molecule has 140 valence electrons. The zero-order chi connectivity index (χ0) is 19.3. The number of thioether (sulfide) groups is 1. The largest absolute Gasteiger partial charge is 0.325 e. The van der Waals surface area contributed by atoms with Crippen LogP contribution in [0.2, 0.25) is 0 Å². The van der Waals surface area contributed by atoms with E-state index in [-0.39, 0.29) is 11.2 Å². The van der Waals surface area contributed by atoms with Gasteiger partial charge in [0, 0.05) is 11.1 Å². The molecule has 1 N–H and O–H groups in total. The van der Waals surface area contributed by atoms with Crippen molar-refractivity contribution in [3.8, 4) is 5.69 Å². The number of para-hydroxylation sites is 1. The lowest BCUT2D eigenvalue weighted by Crippen LogP contribution is -2.25. The lowest BCUT2D eigenvalue weighted by atomic mass is 10.1. The molecule has 0 aliphatic carbocycles. The molecule has 0 radical (unpaired) electrons. The van der Waals surface area contributed by atoms with Crippen LogP contribution in [0, 0.1) is 0 Å². The fourth-order valence-electron chi connectivity index (χ4n) is 2.98. The molecule has 1 heterocycles. The molecule has 0 saturated carbocycles. The second-order valence-electron chi connectivity index (χ2n) is 6.24. The SMILES string of the molecule is CCC(Sc1nnnn1-c1ccccc1)C(=O)Nc1cccc2ccccc12. The van der Waals surface area contributed by atoms with Gasteiger partial charge in [-0.1, -0.05) is 73.3 Å². The van der Waals surface area contributed by atoms with Gasteiger partial charge in [0.2, 0.25) is 11.1 Å². The van der Waals surface area contributed by atoms with Crippen LogP contribution in [0.5, 0.6) is 0 Å². The molecule has 1 unspecified atom stereocenters. The van der Waals surface area contributed by atoms with Gasteiger partial charge in [0.05, 0.1) is 10.9 Å². The predicted octanol–water partition coefficient (Wildman–Crippen LogP) is 4.32. The highest BCUT2D eigenvalue weighted by atomic mass is 32.2. The molecule has 28 heavy (non-hydrogen) atoms. The maximum absolute atomic E-state index is 13.0. The van der Waals surface area contributed by atoms with Gasteiger partial charge in [0.15, 0.2) is 0 Å². The molecule has 0 bridgehead atoms. The van der Waals surface area contributed by atoms with E-state index in [2.05, 4.69) is 20.8 Å². The fourth-order valence-corrected chi connectivity index (χ4v) is 3.89. The number of benzene rings is 3. The predicted molar refractivity (Wildman–Crippen MR) is 112 cm³/mol. The first-order chi connectivity index (χ1) is 13.8. The van der Waals surface area contributed by atoms with Crippen molar-refractivity contribution in [3.05, 3.63) is 72.8 Å². The Hall–Kier alpha value is -3.19. The van der Waals surface area contributed by atoms with Crippen molar-refractivity contribution < 1.29 is 4.79 Å². The van der Waals surface area contributed by atoms with Gasteiger partial charge in [-0.2, -0.15) is 4.68 Å². The lowest BCUT2D eigenvalue weighted by Gasteiger charge is -2.15. The third kappa shape index (κ3) is 3.75.